The number of nitrogens with zero attached hydrogens (tertiary/aromatic N) is 1. The number of rotatable bonds is 3. The van der Waals surface area contributed by atoms with Crippen LogP contribution in [0.5, 0.6) is 5.75 Å². The second-order valence-corrected chi connectivity index (χ2v) is 7.10. The largest absolute Gasteiger partial charge is 0.573 e. The van der Waals surface area contributed by atoms with E-state index in [1.54, 1.807) is 11.9 Å². The van der Waals surface area contributed by atoms with Crippen molar-refractivity contribution in [2.45, 2.75) is 38.6 Å². The number of benzene rings is 1. The first-order valence-corrected chi connectivity index (χ1v) is 7.94. The molecule has 3 rings (SSSR count). The van der Waals surface area contributed by atoms with Crippen molar-refractivity contribution < 1.29 is 27.5 Å². The van der Waals surface area contributed by atoms with Crippen molar-refractivity contribution in [1.29, 1.82) is 0 Å². The molecule has 1 aromatic carbocycles. The number of anilines is 1. The number of nitrogens with one attached hydrogen (secondary N) is 1. The van der Waals surface area contributed by atoms with Crippen molar-refractivity contribution in [1.82, 2.24) is 4.90 Å². The molecule has 5 nitrogen and oxygen atoms in total. The second-order valence-electron chi connectivity index (χ2n) is 7.10. The first-order chi connectivity index (χ1) is 11.5. The lowest BCUT2D eigenvalue weighted by Gasteiger charge is -2.30. The topological polar surface area (TPSA) is 58.4 Å². The number of carbonyl (C=O) groups is 2. The standard InChI is InChI=1S/C17H19F3N2O3/c1-15(2)12(8-9-16(15)14(24)22(16)3)13(23)21-10-4-6-11(7-5-10)25-17(18,19)20/h4-7,12H,8-9H2,1-3H3,(H,21,23). The van der Waals surface area contributed by atoms with Crippen LogP contribution in [0.15, 0.2) is 24.3 Å². The van der Waals surface area contributed by atoms with E-state index in [2.05, 4.69) is 10.1 Å². The van der Waals surface area contributed by atoms with Gasteiger partial charge in [0.1, 0.15) is 11.3 Å². The van der Waals surface area contributed by atoms with Crippen molar-refractivity contribution in [2.75, 3.05) is 12.4 Å². The molecule has 1 aromatic rings. The van der Waals surface area contributed by atoms with Crippen LogP contribution in [0.3, 0.4) is 0 Å². The predicted octanol–water partition coefficient (Wildman–Crippen LogP) is 3.17. The summed E-state index contributed by atoms with van der Waals surface area (Å²) < 4.78 is 40.3. The number of alkyl halides is 3. The Kier molecular flexibility index (Phi) is 3.78. The van der Waals surface area contributed by atoms with Gasteiger partial charge in [0.05, 0.1) is 0 Å². The molecule has 1 aliphatic heterocycles. The molecular formula is C17H19F3N2O3. The van der Waals surface area contributed by atoms with Crippen molar-refractivity contribution in [3.05, 3.63) is 24.3 Å². The highest BCUT2D eigenvalue weighted by Crippen LogP contribution is 2.60. The van der Waals surface area contributed by atoms with Gasteiger partial charge in [-0.1, -0.05) is 13.8 Å². The summed E-state index contributed by atoms with van der Waals surface area (Å²) in [6.45, 7) is 3.82. The Hall–Kier alpha value is -2.25. The molecule has 2 amide bonds. The average Bonchev–Trinajstić information content (AvgIpc) is 2.89. The molecule has 136 valence electrons. The monoisotopic (exact) mass is 356 g/mol. The Balaban J connectivity index is 1.68. The summed E-state index contributed by atoms with van der Waals surface area (Å²) in [6, 6.07) is 4.99. The molecule has 0 radical (unpaired) electrons. The molecule has 0 aromatic heterocycles. The van der Waals surface area contributed by atoms with Gasteiger partial charge in [0.15, 0.2) is 0 Å². The Morgan fingerprint density at radius 3 is 2.28 bits per heavy atom. The maximum Gasteiger partial charge on any atom is 0.573 e. The van der Waals surface area contributed by atoms with Crippen LogP contribution in [0.1, 0.15) is 26.7 Å². The van der Waals surface area contributed by atoms with Crippen molar-refractivity contribution in [3.63, 3.8) is 0 Å². The highest BCUT2D eigenvalue weighted by molar-refractivity contribution is 6.05. The van der Waals surface area contributed by atoms with Gasteiger partial charge < -0.3 is 15.0 Å². The van der Waals surface area contributed by atoms with E-state index >= 15 is 0 Å². The molecule has 1 saturated carbocycles. The normalized spacial score (nSPS) is 27.5. The quantitative estimate of drug-likeness (QED) is 0.847. The van der Waals surface area contributed by atoms with Crippen LogP contribution in [0.2, 0.25) is 0 Å². The van der Waals surface area contributed by atoms with Gasteiger partial charge in [0.25, 0.3) is 0 Å². The summed E-state index contributed by atoms with van der Waals surface area (Å²) in [4.78, 5) is 26.3. The van der Waals surface area contributed by atoms with Crippen molar-refractivity contribution >= 4 is 17.5 Å². The molecule has 25 heavy (non-hydrogen) atoms. The number of likely N-dealkylation sites (N-methyl/N-ethyl adjacent to an activating group) is 1. The molecule has 2 aliphatic rings. The summed E-state index contributed by atoms with van der Waals surface area (Å²) in [5.74, 6) is -0.885. The summed E-state index contributed by atoms with van der Waals surface area (Å²) >= 11 is 0. The fourth-order valence-electron chi connectivity index (χ4n) is 4.11. The zero-order valence-electron chi connectivity index (χ0n) is 14.1. The van der Waals surface area contributed by atoms with Crippen LogP contribution in [0.25, 0.3) is 0 Å². The molecule has 0 bridgehead atoms. The number of carbonyl (C=O) groups excluding carboxylic acids is 2. The lowest BCUT2D eigenvalue weighted by Crippen LogP contribution is -2.40. The Labute approximate surface area is 143 Å². The van der Waals surface area contributed by atoms with E-state index in [1.807, 2.05) is 13.8 Å². The Morgan fingerprint density at radius 1 is 1.28 bits per heavy atom. The van der Waals surface area contributed by atoms with Crippen molar-refractivity contribution in [2.24, 2.45) is 11.3 Å². The minimum absolute atomic E-state index is 0.0569. The van der Waals surface area contributed by atoms with Crippen LogP contribution in [-0.4, -0.2) is 35.7 Å². The molecule has 1 saturated heterocycles. The molecule has 2 unspecified atom stereocenters. The van der Waals surface area contributed by atoms with Crippen molar-refractivity contribution in [3.8, 4) is 5.75 Å². The SMILES string of the molecule is CN1C(=O)C12CCC(C(=O)Nc1ccc(OC(F)(F)F)cc1)C2(C)C. The van der Waals surface area contributed by atoms with Gasteiger partial charge in [-0.3, -0.25) is 9.59 Å². The summed E-state index contributed by atoms with van der Waals surface area (Å²) in [5, 5.41) is 2.72. The van der Waals surface area contributed by atoms with Gasteiger partial charge >= 0.3 is 6.36 Å². The highest BCUT2D eigenvalue weighted by Gasteiger charge is 2.73. The van der Waals surface area contributed by atoms with Crippen LogP contribution >= 0.6 is 0 Å². The van der Waals surface area contributed by atoms with E-state index in [9.17, 15) is 22.8 Å². The number of halogens is 3. The zero-order valence-corrected chi connectivity index (χ0v) is 14.1. The molecule has 1 N–H and O–H groups in total. The molecule has 1 spiro atoms. The third-order valence-electron chi connectivity index (χ3n) is 5.58. The van der Waals surface area contributed by atoms with E-state index < -0.39 is 17.3 Å². The van der Waals surface area contributed by atoms with Gasteiger partial charge in [-0.25, -0.2) is 0 Å². The second kappa shape index (κ2) is 5.37. The number of amides is 2. The van der Waals surface area contributed by atoms with Crippen LogP contribution in [0.4, 0.5) is 18.9 Å². The first-order valence-electron chi connectivity index (χ1n) is 7.94. The fourth-order valence-corrected chi connectivity index (χ4v) is 4.11. The van der Waals surface area contributed by atoms with Gasteiger partial charge in [-0.05, 0) is 37.1 Å². The molecule has 8 heteroatoms. The van der Waals surface area contributed by atoms with E-state index in [4.69, 9.17) is 0 Å². The zero-order chi connectivity index (χ0) is 18.6. The summed E-state index contributed by atoms with van der Waals surface area (Å²) in [6.07, 6.45) is -3.54. The van der Waals surface area contributed by atoms with Crippen LogP contribution in [-0.2, 0) is 9.59 Å². The first kappa shape index (κ1) is 17.6. The van der Waals surface area contributed by atoms with Gasteiger partial charge in [0.2, 0.25) is 11.8 Å². The lowest BCUT2D eigenvalue weighted by atomic mass is 9.74. The fraction of sp³-hybridized carbons (Fsp3) is 0.529. The predicted molar refractivity (Wildman–Crippen MR) is 83.8 cm³/mol. The number of hydrogen-bond donors (Lipinski definition) is 1. The molecule has 1 aliphatic carbocycles. The minimum atomic E-state index is -4.75. The molecular weight excluding hydrogens is 337 g/mol. The van der Waals surface area contributed by atoms with Gasteiger partial charge in [-0.2, -0.15) is 0 Å². The third-order valence-corrected chi connectivity index (χ3v) is 5.58. The Morgan fingerprint density at radius 2 is 1.84 bits per heavy atom. The minimum Gasteiger partial charge on any atom is -0.406 e. The lowest BCUT2D eigenvalue weighted by molar-refractivity contribution is -0.274. The third kappa shape index (κ3) is 2.73. The maximum atomic E-state index is 12.6. The van der Waals surface area contributed by atoms with E-state index in [0.29, 0.717) is 18.5 Å². The summed E-state index contributed by atoms with van der Waals surface area (Å²) in [7, 11) is 1.74. The highest BCUT2D eigenvalue weighted by atomic mass is 19.4. The average molecular weight is 356 g/mol. The smallest absolute Gasteiger partial charge is 0.406 e. The number of hydrogen-bond acceptors (Lipinski definition) is 3. The van der Waals surface area contributed by atoms with Crippen LogP contribution in [0, 0.1) is 11.3 Å². The van der Waals surface area contributed by atoms with Gasteiger partial charge in [0, 0.05) is 24.1 Å². The number of ether oxygens (including phenoxy) is 1. The van der Waals surface area contributed by atoms with E-state index in [0.717, 1.165) is 12.1 Å². The van der Waals surface area contributed by atoms with Gasteiger partial charge in [-0.15, -0.1) is 13.2 Å². The van der Waals surface area contributed by atoms with Crippen LogP contribution < -0.4 is 10.1 Å². The Bertz CT molecular complexity index is 715. The van der Waals surface area contributed by atoms with E-state index in [-0.39, 0.29) is 23.5 Å². The molecule has 1 heterocycles. The maximum absolute atomic E-state index is 12.6. The molecule has 2 atom stereocenters. The summed E-state index contributed by atoms with van der Waals surface area (Å²) in [5.41, 5.74) is -0.700. The van der Waals surface area contributed by atoms with E-state index in [1.165, 1.54) is 12.1 Å². The molecule has 2 fully saturated rings.